The van der Waals surface area contributed by atoms with E-state index < -0.39 is 0 Å². The van der Waals surface area contributed by atoms with Crippen LogP contribution in [0, 0.1) is 0 Å². The van der Waals surface area contributed by atoms with Crippen LogP contribution in [0.25, 0.3) is 11.4 Å². The van der Waals surface area contributed by atoms with Gasteiger partial charge in [-0.2, -0.15) is 0 Å². The molecule has 4 nitrogen and oxygen atoms in total. The van der Waals surface area contributed by atoms with Gasteiger partial charge in [0, 0.05) is 24.8 Å². The van der Waals surface area contributed by atoms with Crippen molar-refractivity contribution < 1.29 is 4.74 Å². The largest absolute Gasteiger partial charge is 0.496 e. The summed E-state index contributed by atoms with van der Waals surface area (Å²) in [7, 11) is 3.54. The maximum absolute atomic E-state index is 6.00. The fraction of sp³-hybridized carbons (Fsp3) is 0.250. The van der Waals surface area contributed by atoms with Gasteiger partial charge in [-0.05, 0) is 18.2 Å². The van der Waals surface area contributed by atoms with Gasteiger partial charge in [0.05, 0.1) is 18.4 Å². The maximum atomic E-state index is 6.00. The van der Waals surface area contributed by atoms with Crippen molar-refractivity contribution in [2.45, 2.75) is 6.54 Å². The molecule has 1 aromatic carbocycles. The van der Waals surface area contributed by atoms with E-state index in [2.05, 4.69) is 4.98 Å². The Bertz CT molecular complexity index is 537. The van der Waals surface area contributed by atoms with Crippen LogP contribution in [-0.2, 0) is 13.6 Å². The van der Waals surface area contributed by atoms with Crippen molar-refractivity contribution in [2.75, 3.05) is 7.11 Å². The molecule has 1 aromatic heterocycles. The molecule has 0 bridgehead atoms. The first-order valence-electron chi connectivity index (χ1n) is 5.22. The van der Waals surface area contributed by atoms with Gasteiger partial charge in [0.15, 0.2) is 0 Å². The van der Waals surface area contributed by atoms with Gasteiger partial charge in [0.25, 0.3) is 0 Å². The average molecular weight is 252 g/mol. The smallest absolute Gasteiger partial charge is 0.143 e. The summed E-state index contributed by atoms with van der Waals surface area (Å²) >= 11 is 6.00. The maximum Gasteiger partial charge on any atom is 0.143 e. The normalized spacial score (nSPS) is 10.6. The number of rotatable bonds is 3. The third kappa shape index (κ3) is 2.28. The Labute approximate surface area is 105 Å². The van der Waals surface area contributed by atoms with E-state index in [4.69, 9.17) is 22.1 Å². The number of nitrogens with zero attached hydrogens (tertiary/aromatic N) is 2. The molecular weight excluding hydrogens is 238 g/mol. The Morgan fingerprint density at radius 2 is 2.24 bits per heavy atom. The lowest BCUT2D eigenvalue weighted by Gasteiger charge is -2.08. The Hall–Kier alpha value is -1.52. The predicted molar refractivity (Wildman–Crippen MR) is 68.1 cm³/mol. The molecule has 0 unspecified atom stereocenters. The molecule has 2 aromatic rings. The van der Waals surface area contributed by atoms with E-state index in [1.165, 1.54) is 0 Å². The number of ether oxygens (including phenoxy) is 1. The van der Waals surface area contributed by atoms with Gasteiger partial charge >= 0.3 is 0 Å². The van der Waals surface area contributed by atoms with Crippen LogP contribution in [0.2, 0.25) is 5.02 Å². The van der Waals surface area contributed by atoms with Crippen molar-refractivity contribution in [3.63, 3.8) is 0 Å². The van der Waals surface area contributed by atoms with E-state index in [0.717, 1.165) is 22.8 Å². The van der Waals surface area contributed by atoms with Crippen molar-refractivity contribution in [3.05, 3.63) is 35.1 Å². The summed E-state index contributed by atoms with van der Waals surface area (Å²) in [6, 6.07) is 5.45. The molecule has 17 heavy (non-hydrogen) atoms. The third-order valence-corrected chi connectivity index (χ3v) is 2.77. The lowest BCUT2D eigenvalue weighted by atomic mass is 10.2. The molecule has 0 aliphatic heterocycles. The Morgan fingerprint density at radius 3 is 2.82 bits per heavy atom. The number of halogens is 1. The highest BCUT2D eigenvalue weighted by Gasteiger charge is 2.12. The van der Waals surface area contributed by atoms with Crippen LogP contribution < -0.4 is 10.5 Å². The number of benzene rings is 1. The topological polar surface area (TPSA) is 53.1 Å². The molecule has 2 rings (SSSR count). The Morgan fingerprint density at radius 1 is 1.47 bits per heavy atom. The second-order valence-corrected chi connectivity index (χ2v) is 4.15. The summed E-state index contributed by atoms with van der Waals surface area (Å²) in [6.07, 6.45) is 1.90. The molecule has 0 atom stereocenters. The standard InChI is InChI=1S/C12H14ClN3O/c1-16-7-9(6-14)15-12(16)10-5-8(13)3-4-11(10)17-2/h3-5,7H,6,14H2,1-2H3. The van der Waals surface area contributed by atoms with Crippen LogP contribution in [0.1, 0.15) is 5.69 Å². The highest BCUT2D eigenvalue weighted by atomic mass is 35.5. The number of methoxy groups -OCH3 is 1. The molecule has 0 spiro atoms. The van der Waals surface area contributed by atoms with Gasteiger partial charge < -0.3 is 15.0 Å². The van der Waals surface area contributed by atoms with Crippen LogP contribution >= 0.6 is 11.6 Å². The highest BCUT2D eigenvalue weighted by molar-refractivity contribution is 6.30. The molecule has 0 fully saturated rings. The average Bonchev–Trinajstić information content (AvgIpc) is 2.70. The molecular formula is C12H14ClN3O. The number of nitrogens with two attached hydrogens (primary N) is 1. The van der Waals surface area contributed by atoms with Crippen molar-refractivity contribution in [2.24, 2.45) is 12.8 Å². The molecule has 2 N–H and O–H groups in total. The third-order valence-electron chi connectivity index (χ3n) is 2.54. The first-order chi connectivity index (χ1) is 8.15. The van der Waals surface area contributed by atoms with Crippen molar-refractivity contribution in [1.82, 2.24) is 9.55 Å². The summed E-state index contributed by atoms with van der Waals surface area (Å²) in [5, 5.41) is 0.651. The van der Waals surface area contributed by atoms with Crippen LogP contribution in [0.5, 0.6) is 5.75 Å². The molecule has 0 radical (unpaired) electrons. The van der Waals surface area contributed by atoms with Gasteiger partial charge in [0.2, 0.25) is 0 Å². The molecule has 0 saturated carbocycles. The minimum atomic E-state index is 0.413. The minimum Gasteiger partial charge on any atom is -0.496 e. The second kappa shape index (κ2) is 4.77. The van der Waals surface area contributed by atoms with Crippen molar-refractivity contribution in [1.29, 1.82) is 0 Å². The van der Waals surface area contributed by atoms with Gasteiger partial charge in [-0.25, -0.2) is 4.98 Å². The van der Waals surface area contributed by atoms with Gasteiger partial charge in [0.1, 0.15) is 11.6 Å². The minimum absolute atomic E-state index is 0.413. The van der Waals surface area contributed by atoms with E-state index in [-0.39, 0.29) is 0 Å². The predicted octanol–water partition coefficient (Wildman–Crippen LogP) is 2.21. The molecule has 0 aliphatic carbocycles. The quantitative estimate of drug-likeness (QED) is 0.910. The highest BCUT2D eigenvalue weighted by Crippen LogP contribution is 2.31. The Balaban J connectivity index is 2.58. The summed E-state index contributed by atoms with van der Waals surface area (Å²) in [5.74, 6) is 1.54. The molecule has 90 valence electrons. The van der Waals surface area contributed by atoms with Crippen LogP contribution in [0.4, 0.5) is 0 Å². The molecule has 0 amide bonds. The van der Waals surface area contributed by atoms with Gasteiger partial charge in [-0.15, -0.1) is 0 Å². The zero-order chi connectivity index (χ0) is 12.4. The number of aromatic nitrogens is 2. The SMILES string of the molecule is COc1ccc(Cl)cc1-c1nc(CN)cn1C. The van der Waals surface area contributed by atoms with E-state index in [1.807, 2.05) is 29.9 Å². The summed E-state index contributed by atoms with van der Waals surface area (Å²) < 4.78 is 7.22. The number of hydrogen-bond donors (Lipinski definition) is 1. The first kappa shape index (κ1) is 12.0. The molecule has 0 saturated heterocycles. The summed E-state index contributed by atoms with van der Waals surface area (Å²) in [6.45, 7) is 0.413. The van der Waals surface area contributed by atoms with Crippen LogP contribution in [0.15, 0.2) is 24.4 Å². The lowest BCUT2D eigenvalue weighted by molar-refractivity contribution is 0.416. The van der Waals surface area contributed by atoms with Crippen molar-refractivity contribution in [3.8, 4) is 17.1 Å². The van der Waals surface area contributed by atoms with E-state index in [1.54, 1.807) is 13.2 Å². The zero-order valence-electron chi connectivity index (χ0n) is 9.77. The van der Waals surface area contributed by atoms with Crippen LogP contribution in [-0.4, -0.2) is 16.7 Å². The summed E-state index contributed by atoms with van der Waals surface area (Å²) in [5.41, 5.74) is 7.28. The fourth-order valence-electron chi connectivity index (χ4n) is 1.73. The number of aryl methyl sites for hydroxylation is 1. The lowest BCUT2D eigenvalue weighted by Crippen LogP contribution is -1.96. The monoisotopic (exact) mass is 251 g/mol. The number of hydrogen-bond acceptors (Lipinski definition) is 3. The van der Waals surface area contributed by atoms with E-state index in [9.17, 15) is 0 Å². The zero-order valence-corrected chi connectivity index (χ0v) is 10.5. The van der Waals surface area contributed by atoms with Gasteiger partial charge in [-0.3, -0.25) is 0 Å². The molecule has 5 heteroatoms. The second-order valence-electron chi connectivity index (χ2n) is 3.72. The molecule has 1 heterocycles. The van der Waals surface area contributed by atoms with Gasteiger partial charge in [-0.1, -0.05) is 11.6 Å². The summed E-state index contributed by atoms with van der Waals surface area (Å²) in [4.78, 5) is 4.45. The number of imidazole rings is 1. The fourth-order valence-corrected chi connectivity index (χ4v) is 1.90. The van der Waals surface area contributed by atoms with E-state index in [0.29, 0.717) is 11.6 Å². The Kier molecular flexibility index (Phi) is 3.36. The first-order valence-corrected chi connectivity index (χ1v) is 5.59. The van der Waals surface area contributed by atoms with Crippen molar-refractivity contribution >= 4 is 11.6 Å². The van der Waals surface area contributed by atoms with Crippen LogP contribution in [0.3, 0.4) is 0 Å². The molecule has 0 aliphatic rings. The van der Waals surface area contributed by atoms with E-state index >= 15 is 0 Å².